The van der Waals surface area contributed by atoms with Crippen LogP contribution >= 0.6 is 11.6 Å². The van der Waals surface area contributed by atoms with Crippen molar-refractivity contribution in [3.63, 3.8) is 0 Å². The molecule has 0 aliphatic carbocycles. The van der Waals surface area contributed by atoms with Crippen LogP contribution in [-0.4, -0.2) is 26.6 Å². The van der Waals surface area contributed by atoms with Crippen LogP contribution in [0.15, 0.2) is 48.5 Å². The average molecular weight is 409 g/mol. The van der Waals surface area contributed by atoms with E-state index in [0.717, 1.165) is 17.4 Å². The van der Waals surface area contributed by atoms with E-state index in [0.29, 0.717) is 17.1 Å². The molecule has 0 spiro atoms. The molecule has 146 valence electrons. The molecule has 0 heterocycles. The number of halogens is 1. The van der Waals surface area contributed by atoms with Crippen molar-refractivity contribution in [3.8, 4) is 0 Å². The summed E-state index contributed by atoms with van der Waals surface area (Å²) in [6.45, 7) is 5.45. The van der Waals surface area contributed by atoms with Gasteiger partial charge in [0, 0.05) is 5.02 Å². The van der Waals surface area contributed by atoms with Gasteiger partial charge >= 0.3 is 0 Å². The number of nitrogens with zero attached hydrogens (tertiary/aromatic N) is 1. The molecule has 0 bridgehead atoms. The number of hydrogen-bond donors (Lipinski definition) is 1. The first-order valence-electron chi connectivity index (χ1n) is 8.76. The van der Waals surface area contributed by atoms with Crippen molar-refractivity contribution in [1.82, 2.24) is 5.32 Å². The molecule has 5 nitrogen and oxygen atoms in total. The summed E-state index contributed by atoms with van der Waals surface area (Å²) in [5.41, 5.74) is 2.09. The molecule has 2 rings (SSSR count). The highest BCUT2D eigenvalue weighted by atomic mass is 35.5. The minimum atomic E-state index is -3.70. The first-order chi connectivity index (χ1) is 12.6. The Morgan fingerprint density at radius 3 is 2.37 bits per heavy atom. The maximum Gasteiger partial charge on any atom is 0.244 e. The minimum absolute atomic E-state index is 0.241. The van der Waals surface area contributed by atoms with Gasteiger partial charge in [0.05, 0.1) is 18.0 Å². The van der Waals surface area contributed by atoms with E-state index >= 15 is 0 Å². The van der Waals surface area contributed by atoms with Gasteiger partial charge in [-0.2, -0.15) is 0 Å². The second kappa shape index (κ2) is 8.76. The molecule has 0 aromatic heterocycles. The molecular formula is C20H25ClN2O3S. The Kier molecular flexibility index (Phi) is 6.89. The number of nitrogens with one attached hydrogen (secondary N) is 1. The summed E-state index contributed by atoms with van der Waals surface area (Å²) in [5, 5.41) is 3.34. The van der Waals surface area contributed by atoms with Crippen LogP contribution in [0.2, 0.25) is 5.02 Å². The average Bonchev–Trinajstić information content (AvgIpc) is 2.61. The Morgan fingerprint density at radius 1 is 1.19 bits per heavy atom. The highest BCUT2D eigenvalue weighted by Crippen LogP contribution is 2.29. The molecule has 0 saturated heterocycles. The third-order valence-electron chi connectivity index (χ3n) is 4.40. The van der Waals surface area contributed by atoms with Gasteiger partial charge in [-0.1, -0.05) is 54.9 Å². The first kappa shape index (κ1) is 21.3. The van der Waals surface area contributed by atoms with Gasteiger partial charge in [0.1, 0.15) is 6.04 Å². The smallest absolute Gasteiger partial charge is 0.244 e. The number of carbonyl (C=O) groups excluding carboxylic acids is 1. The van der Waals surface area contributed by atoms with Crippen molar-refractivity contribution in [2.45, 2.75) is 39.3 Å². The Bertz CT molecular complexity index is 901. The van der Waals surface area contributed by atoms with E-state index in [2.05, 4.69) is 5.32 Å². The van der Waals surface area contributed by atoms with E-state index in [1.54, 1.807) is 32.0 Å². The molecule has 0 unspecified atom stereocenters. The zero-order valence-corrected chi connectivity index (χ0v) is 17.5. The Labute approximate surface area is 166 Å². The van der Waals surface area contributed by atoms with Gasteiger partial charge in [-0.05, 0) is 43.5 Å². The number of benzene rings is 2. The van der Waals surface area contributed by atoms with E-state index in [-0.39, 0.29) is 11.9 Å². The molecule has 27 heavy (non-hydrogen) atoms. The number of amides is 1. The van der Waals surface area contributed by atoms with E-state index in [1.807, 2.05) is 37.3 Å². The van der Waals surface area contributed by atoms with Crippen molar-refractivity contribution in [2.75, 3.05) is 10.6 Å². The fourth-order valence-electron chi connectivity index (χ4n) is 2.99. The van der Waals surface area contributed by atoms with Crippen LogP contribution in [0.1, 0.15) is 37.4 Å². The van der Waals surface area contributed by atoms with Crippen molar-refractivity contribution >= 4 is 33.2 Å². The normalized spacial score (nSPS) is 13.7. The van der Waals surface area contributed by atoms with E-state index in [4.69, 9.17) is 11.6 Å². The highest BCUT2D eigenvalue weighted by Gasteiger charge is 2.33. The summed E-state index contributed by atoms with van der Waals surface area (Å²) >= 11 is 6.08. The van der Waals surface area contributed by atoms with E-state index < -0.39 is 16.1 Å². The predicted octanol–water partition coefficient (Wildman–Crippen LogP) is 4.07. The van der Waals surface area contributed by atoms with Crippen molar-refractivity contribution in [1.29, 1.82) is 0 Å². The number of hydrogen-bond acceptors (Lipinski definition) is 3. The quantitative estimate of drug-likeness (QED) is 0.750. The summed E-state index contributed by atoms with van der Waals surface area (Å²) < 4.78 is 26.3. The van der Waals surface area contributed by atoms with Gasteiger partial charge in [0.25, 0.3) is 0 Å². The van der Waals surface area contributed by atoms with E-state index in [1.165, 1.54) is 4.31 Å². The highest BCUT2D eigenvalue weighted by molar-refractivity contribution is 7.92. The van der Waals surface area contributed by atoms with Gasteiger partial charge in [0.15, 0.2) is 0 Å². The standard InChI is InChI=1S/C20H25ClN2O3S/c1-5-18(20(24)22-15(3)16-9-7-6-8-10-16)23(27(4,25)26)19-13-17(21)12-11-14(19)2/h6-13,15,18H,5H2,1-4H3,(H,22,24)/t15-,18-/m0/s1. The molecule has 2 aromatic rings. The molecule has 0 saturated carbocycles. The fraction of sp³-hybridized carbons (Fsp3) is 0.350. The van der Waals surface area contributed by atoms with Crippen LogP contribution < -0.4 is 9.62 Å². The van der Waals surface area contributed by atoms with Gasteiger partial charge in [-0.3, -0.25) is 9.10 Å². The number of rotatable bonds is 7. The lowest BCUT2D eigenvalue weighted by molar-refractivity contribution is -0.122. The molecule has 1 amide bonds. The molecule has 7 heteroatoms. The number of anilines is 1. The maximum absolute atomic E-state index is 13.0. The van der Waals surface area contributed by atoms with Crippen LogP contribution in [0.25, 0.3) is 0 Å². The number of sulfonamides is 1. The maximum atomic E-state index is 13.0. The summed E-state index contributed by atoms with van der Waals surface area (Å²) in [7, 11) is -3.70. The lowest BCUT2D eigenvalue weighted by Crippen LogP contribution is -2.50. The third kappa shape index (κ3) is 5.23. The topological polar surface area (TPSA) is 66.5 Å². The molecule has 0 aliphatic heterocycles. The van der Waals surface area contributed by atoms with E-state index in [9.17, 15) is 13.2 Å². The molecular weight excluding hydrogens is 384 g/mol. The van der Waals surface area contributed by atoms with Gasteiger partial charge in [-0.25, -0.2) is 8.42 Å². The Hall–Kier alpha value is -2.05. The summed E-state index contributed by atoms with van der Waals surface area (Å²) in [5.74, 6) is -0.348. The van der Waals surface area contributed by atoms with Crippen LogP contribution in [0.4, 0.5) is 5.69 Å². The van der Waals surface area contributed by atoms with Gasteiger partial charge in [-0.15, -0.1) is 0 Å². The predicted molar refractivity (Wildman–Crippen MR) is 111 cm³/mol. The van der Waals surface area contributed by atoms with Crippen molar-refractivity contribution in [3.05, 3.63) is 64.7 Å². The Balaban J connectivity index is 2.38. The SMILES string of the molecule is CC[C@@H](C(=O)N[C@@H](C)c1ccccc1)N(c1cc(Cl)ccc1C)S(C)(=O)=O. The van der Waals surface area contributed by atoms with Crippen LogP contribution in [0.5, 0.6) is 0 Å². The summed E-state index contributed by atoms with van der Waals surface area (Å²) in [6.07, 6.45) is 1.43. The molecule has 0 radical (unpaired) electrons. The monoisotopic (exact) mass is 408 g/mol. The lowest BCUT2D eigenvalue weighted by Gasteiger charge is -2.32. The largest absolute Gasteiger partial charge is 0.348 e. The summed E-state index contributed by atoms with van der Waals surface area (Å²) in [4.78, 5) is 13.0. The van der Waals surface area contributed by atoms with Crippen molar-refractivity contribution < 1.29 is 13.2 Å². The van der Waals surface area contributed by atoms with Gasteiger partial charge in [0.2, 0.25) is 15.9 Å². The minimum Gasteiger partial charge on any atom is -0.348 e. The third-order valence-corrected chi connectivity index (χ3v) is 5.80. The fourth-order valence-corrected chi connectivity index (χ4v) is 4.42. The first-order valence-corrected chi connectivity index (χ1v) is 11.0. The van der Waals surface area contributed by atoms with Gasteiger partial charge < -0.3 is 5.32 Å². The number of carbonyl (C=O) groups is 1. The molecule has 2 atom stereocenters. The van der Waals surface area contributed by atoms with Crippen LogP contribution in [-0.2, 0) is 14.8 Å². The zero-order valence-electron chi connectivity index (χ0n) is 15.9. The van der Waals surface area contributed by atoms with Crippen LogP contribution in [0, 0.1) is 6.92 Å². The van der Waals surface area contributed by atoms with Crippen molar-refractivity contribution in [2.24, 2.45) is 0 Å². The summed E-state index contributed by atoms with van der Waals surface area (Å²) in [6, 6.07) is 13.4. The Morgan fingerprint density at radius 2 is 1.81 bits per heavy atom. The second-order valence-electron chi connectivity index (χ2n) is 6.55. The number of aryl methyl sites for hydroxylation is 1. The van der Waals surface area contributed by atoms with Crippen LogP contribution in [0.3, 0.4) is 0 Å². The molecule has 2 aromatic carbocycles. The lowest BCUT2D eigenvalue weighted by atomic mass is 10.1. The zero-order chi connectivity index (χ0) is 20.2. The second-order valence-corrected chi connectivity index (χ2v) is 8.85. The molecule has 0 aliphatic rings. The molecule has 0 fully saturated rings. The molecule has 1 N–H and O–H groups in total.